The van der Waals surface area contributed by atoms with Crippen LogP contribution in [0.5, 0.6) is 0 Å². The van der Waals surface area contributed by atoms with E-state index in [0.717, 1.165) is 11.3 Å². The highest BCUT2D eigenvalue weighted by molar-refractivity contribution is 9.10. The molecule has 2 aromatic rings. The first-order valence-electron chi connectivity index (χ1n) is 5.77. The van der Waals surface area contributed by atoms with E-state index in [1.54, 1.807) is 0 Å². The van der Waals surface area contributed by atoms with E-state index in [-0.39, 0.29) is 0 Å². The van der Waals surface area contributed by atoms with Crippen LogP contribution in [0.1, 0.15) is 11.3 Å². The molecule has 2 rings (SSSR count). The van der Waals surface area contributed by atoms with Gasteiger partial charge < -0.3 is 9.52 Å². The van der Waals surface area contributed by atoms with Crippen molar-refractivity contribution in [2.75, 3.05) is 0 Å². The molecule has 3 nitrogen and oxygen atoms in total. The Balaban J connectivity index is 1.95. The Bertz CT molecular complexity index is 539. The van der Waals surface area contributed by atoms with Gasteiger partial charge in [-0.2, -0.15) is 0 Å². The number of hydrogen-bond donors (Lipinski definition) is 1. The summed E-state index contributed by atoms with van der Waals surface area (Å²) in [5, 5.41) is 8.79. The van der Waals surface area contributed by atoms with Crippen LogP contribution in [0, 0.1) is 0 Å². The third-order valence-corrected chi connectivity index (χ3v) is 4.24. The van der Waals surface area contributed by atoms with Crippen LogP contribution >= 0.6 is 27.7 Å². The third-order valence-electron chi connectivity index (χ3n) is 2.59. The molecule has 1 N–H and O–H groups in total. The molecule has 0 fully saturated rings. The highest BCUT2D eigenvalue weighted by atomic mass is 79.9. The van der Waals surface area contributed by atoms with E-state index >= 15 is 0 Å². The van der Waals surface area contributed by atoms with Crippen LogP contribution < -0.4 is 0 Å². The number of carboxylic acids is 1. The number of halogens is 1. The number of thioether (sulfide) groups is 1. The second-order valence-corrected chi connectivity index (χ2v) is 6.01. The molecule has 0 spiro atoms. The zero-order valence-corrected chi connectivity index (χ0v) is 12.5. The number of furan rings is 1. The largest absolute Gasteiger partial charge is 0.480 e. The van der Waals surface area contributed by atoms with Crippen molar-refractivity contribution in [1.82, 2.24) is 0 Å². The molecule has 0 aliphatic rings. The van der Waals surface area contributed by atoms with Crippen molar-refractivity contribution < 1.29 is 14.3 Å². The summed E-state index contributed by atoms with van der Waals surface area (Å²) in [4.78, 5) is 11.3. The zero-order valence-electron chi connectivity index (χ0n) is 10.1. The maximum atomic E-state index is 11.3. The zero-order chi connectivity index (χ0) is 13.7. The van der Waals surface area contributed by atoms with Gasteiger partial charge in [-0.3, -0.25) is 4.79 Å². The monoisotopic (exact) mass is 340 g/mol. The molecule has 1 aromatic carbocycles. The highest BCUT2D eigenvalue weighted by Crippen LogP contribution is 2.24. The van der Waals surface area contributed by atoms with Gasteiger partial charge in [0.1, 0.15) is 11.0 Å². The van der Waals surface area contributed by atoms with Crippen LogP contribution in [0.25, 0.3) is 0 Å². The summed E-state index contributed by atoms with van der Waals surface area (Å²) >= 11 is 4.61. The fraction of sp³-hybridized carbons (Fsp3) is 0.214. The van der Waals surface area contributed by atoms with E-state index in [0.29, 0.717) is 16.8 Å². The lowest BCUT2D eigenvalue weighted by atomic mass is 10.1. The van der Waals surface area contributed by atoms with E-state index in [1.807, 2.05) is 42.5 Å². The SMILES string of the molecule is O=C(O)C(Cc1ccccc1)SCc1ccc(Br)o1. The van der Waals surface area contributed by atoms with Crippen molar-refractivity contribution in [2.24, 2.45) is 0 Å². The average molecular weight is 341 g/mol. The molecule has 1 atom stereocenters. The minimum absolute atomic E-state index is 0.466. The van der Waals surface area contributed by atoms with Crippen molar-refractivity contribution in [2.45, 2.75) is 17.4 Å². The molecule has 100 valence electrons. The van der Waals surface area contributed by atoms with Crippen molar-refractivity contribution in [1.29, 1.82) is 0 Å². The smallest absolute Gasteiger partial charge is 0.316 e. The van der Waals surface area contributed by atoms with Gasteiger partial charge in [-0.15, -0.1) is 11.8 Å². The molecule has 0 radical (unpaired) electrons. The van der Waals surface area contributed by atoms with Gasteiger partial charge >= 0.3 is 5.97 Å². The second kappa shape index (κ2) is 6.82. The number of aliphatic carboxylic acids is 1. The van der Waals surface area contributed by atoms with Crippen molar-refractivity contribution in [3.05, 3.63) is 58.5 Å². The van der Waals surface area contributed by atoms with Crippen LogP contribution in [-0.4, -0.2) is 16.3 Å². The fourth-order valence-electron chi connectivity index (χ4n) is 1.66. The number of carbonyl (C=O) groups is 1. The third kappa shape index (κ3) is 4.44. The molecule has 1 aromatic heterocycles. The summed E-state index contributed by atoms with van der Waals surface area (Å²) in [5.41, 5.74) is 1.03. The highest BCUT2D eigenvalue weighted by Gasteiger charge is 2.19. The maximum Gasteiger partial charge on any atom is 0.316 e. The number of rotatable bonds is 6. The number of hydrogen-bond acceptors (Lipinski definition) is 3. The maximum absolute atomic E-state index is 11.3. The summed E-state index contributed by atoms with van der Waals surface area (Å²) in [6.07, 6.45) is 0.517. The minimum Gasteiger partial charge on any atom is -0.480 e. The van der Waals surface area contributed by atoms with Crippen molar-refractivity contribution in [3.63, 3.8) is 0 Å². The van der Waals surface area contributed by atoms with E-state index in [4.69, 9.17) is 4.42 Å². The second-order valence-electron chi connectivity index (χ2n) is 4.03. The molecule has 0 aliphatic carbocycles. The predicted molar refractivity (Wildman–Crippen MR) is 79.3 cm³/mol. The molecule has 5 heteroatoms. The van der Waals surface area contributed by atoms with Gasteiger partial charge in [-0.05, 0) is 40.0 Å². The topological polar surface area (TPSA) is 50.4 Å². The van der Waals surface area contributed by atoms with E-state index in [2.05, 4.69) is 15.9 Å². The molecular formula is C14H13BrO3S. The Morgan fingerprint density at radius 2 is 2.00 bits per heavy atom. The molecule has 0 saturated carbocycles. The van der Waals surface area contributed by atoms with E-state index in [9.17, 15) is 9.90 Å². The Kier molecular flexibility index (Phi) is 5.10. The fourth-order valence-corrected chi connectivity index (χ4v) is 2.97. The van der Waals surface area contributed by atoms with Gasteiger partial charge in [-0.1, -0.05) is 30.3 Å². The number of benzene rings is 1. The first kappa shape index (κ1) is 14.2. The molecular weight excluding hydrogens is 328 g/mol. The van der Waals surface area contributed by atoms with Crippen LogP contribution in [0.3, 0.4) is 0 Å². The van der Waals surface area contributed by atoms with Crippen molar-refractivity contribution >= 4 is 33.7 Å². The molecule has 0 bridgehead atoms. The van der Waals surface area contributed by atoms with Gasteiger partial charge in [0.15, 0.2) is 4.67 Å². The minimum atomic E-state index is -0.792. The van der Waals surface area contributed by atoms with Crippen LogP contribution in [0.2, 0.25) is 0 Å². The Hall–Kier alpha value is -1.20. The quantitative estimate of drug-likeness (QED) is 0.864. The predicted octanol–water partition coefficient (Wildman–Crippen LogP) is 3.97. The lowest BCUT2D eigenvalue weighted by Gasteiger charge is -2.11. The summed E-state index contributed by atoms with van der Waals surface area (Å²) in [6.45, 7) is 0. The van der Waals surface area contributed by atoms with Crippen LogP contribution in [0.4, 0.5) is 0 Å². The summed E-state index contributed by atoms with van der Waals surface area (Å²) in [5.74, 6) is 0.533. The van der Waals surface area contributed by atoms with Gasteiger partial charge in [0, 0.05) is 0 Å². The summed E-state index contributed by atoms with van der Waals surface area (Å²) in [7, 11) is 0. The van der Waals surface area contributed by atoms with Crippen LogP contribution in [0.15, 0.2) is 51.6 Å². The normalized spacial score (nSPS) is 12.3. The van der Waals surface area contributed by atoms with Gasteiger partial charge in [0.25, 0.3) is 0 Å². The number of carboxylic acid groups (broad SMARTS) is 1. The molecule has 19 heavy (non-hydrogen) atoms. The molecule has 1 unspecified atom stereocenters. The summed E-state index contributed by atoms with van der Waals surface area (Å²) in [6, 6.07) is 13.3. The summed E-state index contributed by atoms with van der Waals surface area (Å²) < 4.78 is 6.03. The molecule has 1 heterocycles. The molecule has 0 aliphatic heterocycles. The Labute approximate surface area is 124 Å². The van der Waals surface area contributed by atoms with Gasteiger partial charge in [0.05, 0.1) is 5.75 Å². The lowest BCUT2D eigenvalue weighted by Crippen LogP contribution is -2.19. The van der Waals surface area contributed by atoms with E-state index in [1.165, 1.54) is 11.8 Å². The standard InChI is InChI=1S/C14H13BrO3S/c15-13-7-6-11(18-13)9-19-12(14(16)17)8-10-4-2-1-3-5-10/h1-7,12H,8-9H2,(H,16,17). The van der Waals surface area contributed by atoms with E-state index < -0.39 is 11.2 Å². The van der Waals surface area contributed by atoms with Crippen LogP contribution in [-0.2, 0) is 17.0 Å². The van der Waals surface area contributed by atoms with Crippen molar-refractivity contribution in [3.8, 4) is 0 Å². The van der Waals surface area contributed by atoms with Gasteiger partial charge in [-0.25, -0.2) is 0 Å². The molecule has 0 saturated heterocycles. The Morgan fingerprint density at radius 1 is 1.26 bits per heavy atom. The van der Waals surface area contributed by atoms with Gasteiger partial charge in [0.2, 0.25) is 0 Å². The lowest BCUT2D eigenvalue weighted by molar-refractivity contribution is -0.136. The molecule has 0 amide bonds. The Morgan fingerprint density at radius 3 is 2.58 bits per heavy atom. The first-order chi connectivity index (χ1) is 9.15. The average Bonchev–Trinajstić information content (AvgIpc) is 2.81. The first-order valence-corrected chi connectivity index (χ1v) is 7.62.